The molecule has 150 valence electrons. The number of carbonyl (C=O) groups is 2. The van der Waals surface area contributed by atoms with Crippen LogP contribution in [0.3, 0.4) is 0 Å². The first-order chi connectivity index (χ1) is 13.3. The third kappa shape index (κ3) is 6.46. The number of amides is 1. The quantitative estimate of drug-likeness (QED) is 0.549. The van der Waals surface area contributed by atoms with E-state index < -0.39 is 12.1 Å². The summed E-state index contributed by atoms with van der Waals surface area (Å²) in [6.45, 7) is 3.47. The summed E-state index contributed by atoms with van der Waals surface area (Å²) in [5.74, 6) is -0.214. The van der Waals surface area contributed by atoms with E-state index in [2.05, 4.69) is 21.2 Å². The molecule has 28 heavy (non-hydrogen) atoms. The van der Waals surface area contributed by atoms with E-state index in [1.165, 1.54) is 0 Å². The third-order valence-corrected chi connectivity index (χ3v) is 5.21. The lowest BCUT2D eigenvalue weighted by molar-refractivity contribution is -0.128. The number of ketones is 1. The fourth-order valence-electron chi connectivity index (χ4n) is 2.97. The highest BCUT2D eigenvalue weighted by molar-refractivity contribution is 9.10. The lowest BCUT2D eigenvalue weighted by atomic mass is 10.0. The largest absolute Gasteiger partial charge is 0.507 e. The molecule has 0 saturated heterocycles. The van der Waals surface area contributed by atoms with Crippen molar-refractivity contribution < 1.29 is 14.7 Å². The Balaban J connectivity index is 1.81. The zero-order valence-corrected chi connectivity index (χ0v) is 17.8. The van der Waals surface area contributed by atoms with Crippen LogP contribution < -0.4 is 11.1 Å². The average Bonchev–Trinajstić information content (AvgIpc) is 2.68. The van der Waals surface area contributed by atoms with Crippen LogP contribution in [0, 0.1) is 6.92 Å². The highest BCUT2D eigenvalue weighted by Crippen LogP contribution is 2.27. The molecule has 0 fully saturated rings. The fourth-order valence-corrected chi connectivity index (χ4v) is 3.59. The van der Waals surface area contributed by atoms with E-state index in [1.807, 2.05) is 43.3 Å². The molecule has 6 heteroatoms. The first kappa shape index (κ1) is 22.1. The minimum atomic E-state index is -0.660. The molecule has 0 saturated carbocycles. The molecule has 0 aliphatic heterocycles. The average molecular weight is 447 g/mol. The molecule has 0 spiro atoms. The van der Waals surface area contributed by atoms with Crippen LogP contribution in [0.4, 0.5) is 0 Å². The molecular weight excluding hydrogens is 420 g/mol. The number of hydrogen-bond acceptors (Lipinski definition) is 4. The Kier molecular flexibility index (Phi) is 8.20. The maximum absolute atomic E-state index is 12.4. The summed E-state index contributed by atoms with van der Waals surface area (Å²) in [4.78, 5) is 24.6. The second-order valence-corrected chi connectivity index (χ2v) is 7.97. The van der Waals surface area contributed by atoms with Crippen molar-refractivity contribution in [1.29, 1.82) is 0 Å². The van der Waals surface area contributed by atoms with Crippen molar-refractivity contribution in [2.24, 2.45) is 5.73 Å². The molecule has 0 radical (unpaired) electrons. The van der Waals surface area contributed by atoms with E-state index in [-0.39, 0.29) is 23.9 Å². The first-order valence-electron chi connectivity index (χ1n) is 9.38. The number of carbonyl (C=O) groups excluding carboxylic acids is 2. The second kappa shape index (κ2) is 10.4. The van der Waals surface area contributed by atoms with Gasteiger partial charge in [0.25, 0.3) is 0 Å². The minimum absolute atomic E-state index is 0.0966. The van der Waals surface area contributed by atoms with Gasteiger partial charge in [-0.1, -0.05) is 46.3 Å². The molecule has 0 unspecified atom stereocenters. The van der Waals surface area contributed by atoms with Crippen LogP contribution >= 0.6 is 15.9 Å². The number of hydrogen-bond donors (Lipinski definition) is 3. The molecule has 0 bridgehead atoms. The van der Waals surface area contributed by atoms with E-state index in [4.69, 9.17) is 5.73 Å². The minimum Gasteiger partial charge on any atom is -0.507 e. The van der Waals surface area contributed by atoms with Crippen molar-refractivity contribution in [3.8, 4) is 5.75 Å². The number of aromatic hydroxyl groups is 1. The molecule has 0 aliphatic carbocycles. The summed E-state index contributed by atoms with van der Waals surface area (Å²) >= 11 is 3.40. The van der Waals surface area contributed by atoms with Gasteiger partial charge in [0.05, 0.1) is 12.1 Å². The summed E-state index contributed by atoms with van der Waals surface area (Å²) in [5, 5.41) is 12.8. The zero-order valence-electron chi connectivity index (χ0n) is 16.2. The smallest absolute Gasteiger partial charge is 0.237 e. The van der Waals surface area contributed by atoms with Gasteiger partial charge in [0.1, 0.15) is 5.75 Å². The van der Waals surface area contributed by atoms with Gasteiger partial charge in [-0.3, -0.25) is 9.59 Å². The molecule has 2 atom stereocenters. The Morgan fingerprint density at radius 1 is 1.18 bits per heavy atom. The van der Waals surface area contributed by atoms with Crippen molar-refractivity contribution in [3.05, 3.63) is 63.6 Å². The predicted octanol–water partition coefficient (Wildman–Crippen LogP) is 3.43. The van der Waals surface area contributed by atoms with Gasteiger partial charge in [-0.25, -0.2) is 0 Å². The number of benzene rings is 2. The number of rotatable bonds is 9. The van der Waals surface area contributed by atoms with Gasteiger partial charge in [-0.05, 0) is 61.9 Å². The molecule has 2 rings (SSSR count). The molecule has 2 aromatic carbocycles. The van der Waals surface area contributed by atoms with Crippen LogP contribution in [0.5, 0.6) is 5.75 Å². The van der Waals surface area contributed by atoms with Crippen LogP contribution in [0.2, 0.25) is 0 Å². The summed E-state index contributed by atoms with van der Waals surface area (Å²) < 4.78 is 0.857. The summed E-state index contributed by atoms with van der Waals surface area (Å²) in [6, 6.07) is 12.2. The Morgan fingerprint density at radius 2 is 1.86 bits per heavy atom. The Labute approximate surface area is 174 Å². The summed E-state index contributed by atoms with van der Waals surface area (Å²) in [6.07, 6.45) is 1.86. The monoisotopic (exact) mass is 446 g/mol. The van der Waals surface area contributed by atoms with Crippen molar-refractivity contribution in [1.82, 2.24) is 5.32 Å². The van der Waals surface area contributed by atoms with Crippen molar-refractivity contribution >= 4 is 27.6 Å². The Hall–Kier alpha value is -2.18. The molecular formula is C22H27BrN2O3. The molecule has 0 aliphatic rings. The molecule has 2 aromatic rings. The molecule has 0 aromatic heterocycles. The van der Waals surface area contributed by atoms with E-state index >= 15 is 0 Å². The first-order valence-corrected chi connectivity index (χ1v) is 10.2. The van der Waals surface area contributed by atoms with Gasteiger partial charge >= 0.3 is 0 Å². The Bertz CT molecular complexity index is 824. The number of phenolic OH excluding ortho intramolecular Hbond substituents is 1. The van der Waals surface area contributed by atoms with E-state index in [0.717, 1.165) is 15.6 Å². The number of halogens is 1. The van der Waals surface area contributed by atoms with E-state index in [9.17, 15) is 14.7 Å². The predicted molar refractivity (Wildman–Crippen MR) is 114 cm³/mol. The summed E-state index contributed by atoms with van der Waals surface area (Å²) in [7, 11) is 0. The van der Waals surface area contributed by atoms with E-state index in [1.54, 1.807) is 13.0 Å². The van der Waals surface area contributed by atoms with Crippen molar-refractivity contribution in [2.45, 2.75) is 51.6 Å². The molecule has 4 N–H and O–H groups in total. The van der Waals surface area contributed by atoms with Crippen LogP contribution in [0.15, 0.2) is 46.9 Å². The van der Waals surface area contributed by atoms with Gasteiger partial charge in [-0.15, -0.1) is 0 Å². The third-order valence-electron chi connectivity index (χ3n) is 4.75. The molecule has 1 amide bonds. The van der Waals surface area contributed by atoms with Crippen molar-refractivity contribution in [3.63, 3.8) is 0 Å². The van der Waals surface area contributed by atoms with Gasteiger partial charge in [0.2, 0.25) is 5.91 Å². The molecule has 0 heterocycles. The second-order valence-electron chi connectivity index (χ2n) is 7.06. The van der Waals surface area contributed by atoms with Gasteiger partial charge in [0.15, 0.2) is 5.78 Å². The topological polar surface area (TPSA) is 92.4 Å². The van der Waals surface area contributed by atoms with Gasteiger partial charge in [0, 0.05) is 10.9 Å². The van der Waals surface area contributed by atoms with Crippen molar-refractivity contribution in [2.75, 3.05) is 0 Å². The van der Waals surface area contributed by atoms with Crippen LogP contribution in [0.1, 0.15) is 36.5 Å². The maximum Gasteiger partial charge on any atom is 0.237 e. The SMILES string of the molecule is Cc1cc(Br)cc(CCC(=O)[C@H](C)NC(=O)[C@H](N)CCc2ccccc2)c1O. The van der Waals surface area contributed by atoms with Gasteiger partial charge in [-0.2, -0.15) is 0 Å². The number of nitrogens with two attached hydrogens (primary N) is 1. The number of Topliss-reactive ketones (excluding diaryl/α,β-unsaturated/α-hetero) is 1. The molecule has 5 nitrogen and oxygen atoms in total. The summed E-state index contributed by atoms with van der Waals surface area (Å²) in [5.41, 5.74) is 8.55. The zero-order chi connectivity index (χ0) is 20.7. The van der Waals surface area contributed by atoms with Crippen LogP contribution in [-0.4, -0.2) is 28.9 Å². The van der Waals surface area contributed by atoms with Gasteiger partial charge < -0.3 is 16.2 Å². The fraction of sp³-hybridized carbons (Fsp3) is 0.364. The van der Waals surface area contributed by atoms with Crippen LogP contribution in [0.25, 0.3) is 0 Å². The highest BCUT2D eigenvalue weighted by Gasteiger charge is 2.20. The number of aryl methyl sites for hydroxylation is 3. The van der Waals surface area contributed by atoms with E-state index in [0.29, 0.717) is 24.8 Å². The maximum atomic E-state index is 12.4. The highest BCUT2D eigenvalue weighted by atomic mass is 79.9. The van der Waals surface area contributed by atoms with Crippen LogP contribution in [-0.2, 0) is 22.4 Å². The standard InChI is InChI=1S/C22H27BrN2O3/c1-14-12-18(23)13-17(21(14)27)9-11-20(26)15(2)25-22(28)19(24)10-8-16-6-4-3-5-7-16/h3-7,12-13,15,19,27H,8-11,24H2,1-2H3,(H,25,28)/t15-,19+/m0/s1. The lowest BCUT2D eigenvalue weighted by Crippen LogP contribution is -2.47. The lowest BCUT2D eigenvalue weighted by Gasteiger charge is -2.17. The Morgan fingerprint density at radius 3 is 2.54 bits per heavy atom. The number of nitrogens with one attached hydrogen (secondary N) is 1. The number of phenols is 1. The normalized spacial score (nSPS) is 13.0.